The van der Waals surface area contributed by atoms with Gasteiger partial charge in [-0.1, -0.05) is 158 Å². The lowest BCUT2D eigenvalue weighted by Gasteiger charge is -2.47. The summed E-state index contributed by atoms with van der Waals surface area (Å²) in [4.78, 5) is 9.06. The Morgan fingerprint density at radius 3 is 1.85 bits per heavy atom. The van der Waals surface area contributed by atoms with E-state index in [4.69, 9.17) is 4.42 Å². The highest BCUT2D eigenvalue weighted by Gasteiger charge is 2.50. The van der Waals surface area contributed by atoms with Gasteiger partial charge in [0.05, 0.1) is 22.7 Å². The van der Waals surface area contributed by atoms with E-state index in [0.717, 1.165) is 65.1 Å². The third kappa shape index (κ3) is 7.99. The summed E-state index contributed by atoms with van der Waals surface area (Å²) >= 11 is 1.81. The molecule has 4 nitrogen and oxygen atoms in total. The molecule has 0 bridgehead atoms. The predicted octanol–water partition coefficient (Wildman–Crippen LogP) is 17.9. The molecule has 75 heavy (non-hydrogen) atoms. The number of thioether (sulfide) groups is 1. The number of furan rings is 1. The molecule has 0 fully saturated rings. The number of anilines is 8. The van der Waals surface area contributed by atoms with E-state index < -0.39 is 0 Å². The van der Waals surface area contributed by atoms with Gasteiger partial charge in [0.2, 0.25) is 0 Å². The van der Waals surface area contributed by atoms with Crippen LogP contribution in [0.1, 0.15) is 157 Å². The molecule has 1 aromatic heterocycles. The molecule has 6 aromatic carbocycles. The first-order chi connectivity index (χ1) is 35.4. The van der Waals surface area contributed by atoms with Gasteiger partial charge in [-0.05, 0) is 188 Å². The number of rotatable bonds is 6. The van der Waals surface area contributed by atoms with Crippen molar-refractivity contribution in [2.24, 2.45) is 11.3 Å². The van der Waals surface area contributed by atoms with Gasteiger partial charge in [0, 0.05) is 44.4 Å². The molecule has 0 N–H and O–H groups in total. The Labute approximate surface area is 453 Å². The molecular formula is C69H78BN3OS. The predicted molar refractivity (Wildman–Crippen MR) is 325 cm³/mol. The van der Waals surface area contributed by atoms with Gasteiger partial charge in [-0.3, -0.25) is 0 Å². The molecule has 0 amide bonds. The molecule has 0 spiro atoms. The van der Waals surface area contributed by atoms with E-state index in [1.165, 1.54) is 78.5 Å². The quantitative estimate of drug-likeness (QED) is 0.122. The second-order valence-electron chi connectivity index (χ2n) is 27.5. The molecule has 1 unspecified atom stereocenters. The van der Waals surface area contributed by atoms with Crippen molar-refractivity contribution < 1.29 is 4.42 Å². The second-order valence-corrected chi connectivity index (χ2v) is 28.4. The summed E-state index contributed by atoms with van der Waals surface area (Å²) in [6, 6.07) is 44.9. The summed E-state index contributed by atoms with van der Waals surface area (Å²) < 4.78 is 7.59. The average molecular weight is 1010 g/mol. The van der Waals surface area contributed by atoms with Crippen LogP contribution in [0.3, 0.4) is 0 Å². The van der Waals surface area contributed by atoms with E-state index in [1.54, 1.807) is 11.8 Å². The van der Waals surface area contributed by atoms with Crippen molar-refractivity contribution in [1.29, 1.82) is 0 Å². The lowest BCUT2D eigenvalue weighted by molar-refractivity contribution is 0.293. The number of para-hydroxylation sites is 2. The standard InChI is InChI=1S/C69H78BN3OS/c1-64(2,3)43-25-28-46(29-26-43)73-58-40-48(71(45-21-17-16-18-22-45)55-23-19-20-24-60(55)75-15)39-57-61(58)70(63-62(73)49-37-44(65(4,5)6)27-32-59(49)74-63)54-41-52-53(69(13,14)36-35-68(52,11)12)42-56(54)72(57)47-30-31-50-51(38-47)67(9,10)34-33-66(50,7)8/h16-25,27-32,37-43H,26,33-36H2,1-15H3. The molecule has 2 aliphatic heterocycles. The molecular weight excluding hydrogens is 930 g/mol. The highest BCUT2D eigenvalue weighted by atomic mass is 32.2. The van der Waals surface area contributed by atoms with Crippen LogP contribution in [0.15, 0.2) is 148 Å². The zero-order valence-corrected chi connectivity index (χ0v) is 48.4. The maximum Gasteiger partial charge on any atom is 0.297 e. The molecule has 7 aromatic rings. The van der Waals surface area contributed by atoms with E-state index in [-0.39, 0.29) is 39.2 Å². The zero-order valence-electron chi connectivity index (χ0n) is 47.6. The topological polar surface area (TPSA) is 22.9 Å². The van der Waals surface area contributed by atoms with Crippen LogP contribution in [0.25, 0.3) is 11.0 Å². The molecule has 1 atom stereocenters. The molecule has 12 rings (SSSR count). The fourth-order valence-corrected chi connectivity index (χ4v) is 14.2. The average Bonchev–Trinajstić information content (AvgIpc) is 3.80. The van der Waals surface area contributed by atoms with E-state index in [9.17, 15) is 0 Å². The first kappa shape index (κ1) is 50.0. The van der Waals surface area contributed by atoms with Gasteiger partial charge in [-0.25, -0.2) is 0 Å². The molecule has 5 aliphatic rings. The highest BCUT2D eigenvalue weighted by molar-refractivity contribution is 7.98. The van der Waals surface area contributed by atoms with Crippen LogP contribution in [-0.4, -0.2) is 13.0 Å². The van der Waals surface area contributed by atoms with Crippen molar-refractivity contribution in [2.75, 3.05) is 21.0 Å². The molecule has 3 aliphatic carbocycles. The SMILES string of the molecule is CSc1ccccc1N(c1ccccc1)c1cc2c3c(c1)N(c1ccc4c(c1)C(C)(C)CCC4(C)C)c1cc4c(cc1B3c1oc3ccc(C(C)(C)C)cc3c1N2C1=CCC(C(C)(C)C)C=C1)C(C)(C)CCC4(C)C. The molecule has 384 valence electrons. The summed E-state index contributed by atoms with van der Waals surface area (Å²) in [5.74, 6) is 0.420. The van der Waals surface area contributed by atoms with Gasteiger partial charge in [0.15, 0.2) is 0 Å². The van der Waals surface area contributed by atoms with Gasteiger partial charge in [0.1, 0.15) is 5.58 Å². The van der Waals surface area contributed by atoms with E-state index >= 15 is 0 Å². The van der Waals surface area contributed by atoms with Crippen LogP contribution in [0, 0.1) is 11.3 Å². The monoisotopic (exact) mass is 1010 g/mol. The first-order valence-electron chi connectivity index (χ1n) is 27.9. The molecule has 0 saturated heterocycles. The largest absolute Gasteiger partial charge is 0.468 e. The van der Waals surface area contributed by atoms with Crippen LogP contribution in [0.5, 0.6) is 0 Å². The fourth-order valence-electron chi connectivity index (χ4n) is 13.6. The summed E-state index contributed by atoms with van der Waals surface area (Å²) in [5.41, 5.74) is 22.5. The molecule has 6 heteroatoms. The highest BCUT2D eigenvalue weighted by Crippen LogP contribution is 2.55. The van der Waals surface area contributed by atoms with Crippen LogP contribution >= 0.6 is 11.8 Å². The Bertz CT molecular complexity index is 3520. The Morgan fingerprint density at radius 1 is 0.613 bits per heavy atom. The lowest BCUT2D eigenvalue weighted by Crippen LogP contribution is -2.61. The first-order valence-corrected chi connectivity index (χ1v) is 29.2. The van der Waals surface area contributed by atoms with Gasteiger partial charge in [0.25, 0.3) is 6.71 Å². The maximum absolute atomic E-state index is 7.59. The fraction of sp³-hybridized carbons (Fsp3) is 0.391. The van der Waals surface area contributed by atoms with Crippen LogP contribution < -0.4 is 31.3 Å². The van der Waals surface area contributed by atoms with Gasteiger partial charge in [-0.2, -0.15) is 0 Å². The number of hydrogen-bond donors (Lipinski definition) is 0. The van der Waals surface area contributed by atoms with Crippen molar-refractivity contribution in [3.05, 3.63) is 167 Å². The number of benzene rings is 6. The van der Waals surface area contributed by atoms with Crippen molar-refractivity contribution in [3.63, 3.8) is 0 Å². The van der Waals surface area contributed by atoms with Crippen LogP contribution in [0.4, 0.5) is 45.5 Å². The summed E-state index contributed by atoms with van der Waals surface area (Å²) in [7, 11) is 0. The van der Waals surface area contributed by atoms with Gasteiger partial charge < -0.3 is 19.1 Å². The van der Waals surface area contributed by atoms with E-state index in [0.29, 0.717) is 5.92 Å². The summed E-state index contributed by atoms with van der Waals surface area (Å²) in [6.07, 6.45) is 15.2. The minimum atomic E-state index is -0.176. The Morgan fingerprint density at radius 2 is 1.23 bits per heavy atom. The second kappa shape index (κ2) is 17.1. The summed E-state index contributed by atoms with van der Waals surface area (Å²) in [5, 5.41) is 1.16. The van der Waals surface area contributed by atoms with E-state index in [1.807, 2.05) is 0 Å². The molecule has 0 saturated carbocycles. The van der Waals surface area contributed by atoms with Crippen molar-refractivity contribution >= 4 is 91.5 Å². The molecule has 3 heterocycles. The third-order valence-corrected chi connectivity index (χ3v) is 19.4. The Kier molecular flexibility index (Phi) is 11.4. The minimum absolute atomic E-state index is 0.000286. The number of allylic oxidation sites excluding steroid dienone is 3. The van der Waals surface area contributed by atoms with Crippen molar-refractivity contribution in [2.45, 2.75) is 161 Å². The lowest BCUT2D eigenvalue weighted by atomic mass is 9.35. The third-order valence-electron chi connectivity index (χ3n) is 18.6. The van der Waals surface area contributed by atoms with Gasteiger partial charge >= 0.3 is 0 Å². The summed E-state index contributed by atoms with van der Waals surface area (Å²) in [6.45, 7) is 33.7. The zero-order chi connectivity index (χ0) is 52.9. The number of fused-ring (bicyclic) bond motifs is 8. The number of nitrogens with zero attached hydrogens (tertiary/aromatic N) is 3. The smallest absolute Gasteiger partial charge is 0.297 e. The Hall–Kier alpha value is -5.85. The van der Waals surface area contributed by atoms with Crippen LogP contribution in [0.2, 0.25) is 0 Å². The number of hydrogen-bond acceptors (Lipinski definition) is 5. The maximum atomic E-state index is 7.59. The van der Waals surface area contributed by atoms with Crippen molar-refractivity contribution in [3.8, 4) is 0 Å². The van der Waals surface area contributed by atoms with Crippen LogP contribution in [-0.2, 0) is 27.1 Å². The van der Waals surface area contributed by atoms with E-state index in [2.05, 4.69) is 251 Å². The minimum Gasteiger partial charge on any atom is -0.468 e. The normalized spacial score (nSPS) is 19.7. The van der Waals surface area contributed by atoms with Crippen molar-refractivity contribution in [1.82, 2.24) is 0 Å². The van der Waals surface area contributed by atoms with Gasteiger partial charge in [-0.15, -0.1) is 11.8 Å². The Balaban J connectivity index is 1.25. The molecule has 0 radical (unpaired) electrons.